The molecule has 0 radical (unpaired) electrons. The van der Waals surface area contributed by atoms with E-state index in [2.05, 4.69) is 34.0 Å². The van der Waals surface area contributed by atoms with Crippen LogP contribution < -0.4 is 10.2 Å². The number of aliphatic hydroxyl groups excluding tert-OH is 1. The number of carbonyl (C=O) groups is 1. The normalized spacial score (nSPS) is 17.5. The van der Waals surface area contributed by atoms with Crippen LogP contribution in [0.3, 0.4) is 0 Å². The molecule has 12 heteroatoms. The van der Waals surface area contributed by atoms with Crippen molar-refractivity contribution in [3.63, 3.8) is 0 Å². The van der Waals surface area contributed by atoms with Crippen molar-refractivity contribution in [1.29, 1.82) is 0 Å². The Morgan fingerprint density at radius 3 is 2.56 bits per heavy atom. The maximum atomic E-state index is 12.8. The zero-order valence-electron chi connectivity index (χ0n) is 23.1. The van der Waals surface area contributed by atoms with E-state index in [-0.39, 0.29) is 34.9 Å². The number of amides is 1. The SMILES string of the molecule is Cc1ncc(C(=O)NCc2cc3nc(-c4cccc(N5C[C@@H](C)O[C@@H](C)C5)n4)ccc3cn2)cc1S(=O)(=O)CCO. The Morgan fingerprint density at radius 1 is 1.05 bits per heavy atom. The highest BCUT2D eigenvalue weighted by molar-refractivity contribution is 7.91. The van der Waals surface area contributed by atoms with Gasteiger partial charge in [0.05, 0.1) is 69.9 Å². The number of pyridine rings is 4. The number of anilines is 1. The van der Waals surface area contributed by atoms with E-state index >= 15 is 0 Å². The van der Waals surface area contributed by atoms with Gasteiger partial charge < -0.3 is 20.1 Å². The largest absolute Gasteiger partial charge is 0.395 e. The first-order valence-corrected chi connectivity index (χ1v) is 15.0. The van der Waals surface area contributed by atoms with E-state index in [0.717, 1.165) is 35.7 Å². The van der Waals surface area contributed by atoms with Crippen LogP contribution >= 0.6 is 0 Å². The van der Waals surface area contributed by atoms with Crippen molar-refractivity contribution in [1.82, 2.24) is 25.3 Å². The predicted octanol–water partition coefficient (Wildman–Crippen LogP) is 2.70. The molecule has 1 amide bonds. The first-order valence-electron chi connectivity index (χ1n) is 13.3. The van der Waals surface area contributed by atoms with Crippen molar-refractivity contribution in [2.75, 3.05) is 30.3 Å². The van der Waals surface area contributed by atoms with Gasteiger partial charge >= 0.3 is 0 Å². The van der Waals surface area contributed by atoms with Gasteiger partial charge in [0, 0.05) is 30.9 Å². The average molecular weight is 577 g/mol. The highest BCUT2D eigenvalue weighted by Gasteiger charge is 2.23. The van der Waals surface area contributed by atoms with Gasteiger partial charge in [-0.05, 0) is 57.2 Å². The molecule has 2 atom stereocenters. The number of hydrogen-bond donors (Lipinski definition) is 2. The number of hydrogen-bond acceptors (Lipinski definition) is 10. The van der Waals surface area contributed by atoms with E-state index < -0.39 is 28.1 Å². The molecule has 0 spiro atoms. The van der Waals surface area contributed by atoms with Gasteiger partial charge in [-0.25, -0.2) is 18.4 Å². The van der Waals surface area contributed by atoms with Gasteiger partial charge in [0.25, 0.3) is 5.91 Å². The lowest BCUT2D eigenvalue weighted by molar-refractivity contribution is -0.00545. The molecule has 0 saturated carbocycles. The number of sulfone groups is 1. The summed E-state index contributed by atoms with van der Waals surface area (Å²) in [6.07, 6.45) is 3.26. The van der Waals surface area contributed by atoms with Crippen LogP contribution in [-0.4, -0.2) is 77.0 Å². The van der Waals surface area contributed by atoms with Gasteiger partial charge in [0.2, 0.25) is 0 Å². The van der Waals surface area contributed by atoms with E-state index in [4.69, 9.17) is 19.8 Å². The van der Waals surface area contributed by atoms with E-state index in [1.807, 2.05) is 30.3 Å². The fourth-order valence-corrected chi connectivity index (χ4v) is 6.13. The minimum atomic E-state index is -3.76. The van der Waals surface area contributed by atoms with E-state index in [9.17, 15) is 13.2 Å². The molecule has 1 aliphatic rings. The number of fused-ring (bicyclic) bond motifs is 1. The Kier molecular flexibility index (Phi) is 8.25. The standard InChI is InChI=1S/C29H32N6O5S/c1-18-16-35(17-19(2)40-18)28-6-4-5-24(34-28)25-8-7-21-13-31-23(12-26(21)33-25)15-32-29(37)22-11-27(20(3)30-14-22)41(38,39)10-9-36/h4-8,11-14,18-19,36H,9-10,15-17H2,1-3H3,(H,32,37)/t18-,19+. The van der Waals surface area contributed by atoms with Crippen molar-refractivity contribution in [3.05, 3.63) is 71.8 Å². The number of aryl methyl sites for hydroxylation is 1. The Balaban J connectivity index is 1.33. The molecule has 0 aromatic carbocycles. The van der Waals surface area contributed by atoms with Crippen LogP contribution in [0.2, 0.25) is 0 Å². The Morgan fingerprint density at radius 2 is 1.80 bits per heavy atom. The summed E-state index contributed by atoms with van der Waals surface area (Å²) in [4.78, 5) is 33.1. The number of nitrogens with one attached hydrogen (secondary N) is 1. The van der Waals surface area contributed by atoms with Crippen LogP contribution in [0.5, 0.6) is 0 Å². The van der Waals surface area contributed by atoms with Crippen LogP contribution in [0.15, 0.2) is 59.8 Å². The molecule has 1 fully saturated rings. The van der Waals surface area contributed by atoms with Crippen molar-refractivity contribution < 1.29 is 23.1 Å². The summed E-state index contributed by atoms with van der Waals surface area (Å²) in [5.41, 5.74) is 3.13. The van der Waals surface area contributed by atoms with E-state index in [0.29, 0.717) is 11.2 Å². The number of aromatic nitrogens is 4. The minimum absolute atomic E-state index is 0.0740. The molecule has 4 aromatic heterocycles. The second kappa shape index (κ2) is 11.9. The van der Waals surface area contributed by atoms with Crippen molar-refractivity contribution in [2.24, 2.45) is 0 Å². The molecule has 1 saturated heterocycles. The fraction of sp³-hybridized carbons (Fsp3) is 0.345. The minimum Gasteiger partial charge on any atom is -0.395 e. The smallest absolute Gasteiger partial charge is 0.253 e. The third-order valence-electron chi connectivity index (χ3n) is 6.80. The molecule has 214 valence electrons. The zero-order chi connectivity index (χ0) is 29.1. The van der Waals surface area contributed by atoms with Crippen molar-refractivity contribution >= 4 is 32.5 Å². The second-order valence-electron chi connectivity index (χ2n) is 10.1. The van der Waals surface area contributed by atoms with Crippen LogP contribution in [0, 0.1) is 6.92 Å². The van der Waals surface area contributed by atoms with Gasteiger partial charge in [0.1, 0.15) is 5.82 Å². The molecule has 1 aliphatic heterocycles. The molecule has 4 aromatic rings. The molecule has 2 N–H and O–H groups in total. The van der Waals surface area contributed by atoms with Crippen molar-refractivity contribution in [2.45, 2.75) is 44.4 Å². The van der Waals surface area contributed by atoms with Gasteiger partial charge in [-0.3, -0.25) is 14.8 Å². The summed E-state index contributed by atoms with van der Waals surface area (Å²) in [5, 5.41) is 12.7. The molecule has 5 rings (SSSR count). The number of nitrogens with zero attached hydrogens (tertiary/aromatic N) is 5. The Labute approximate surface area is 238 Å². The summed E-state index contributed by atoms with van der Waals surface area (Å²) in [6.45, 7) is 6.79. The van der Waals surface area contributed by atoms with Gasteiger partial charge in [-0.1, -0.05) is 6.07 Å². The molecule has 11 nitrogen and oxygen atoms in total. The molecular weight excluding hydrogens is 544 g/mol. The lowest BCUT2D eigenvalue weighted by Gasteiger charge is -2.36. The van der Waals surface area contributed by atoms with Gasteiger partial charge in [-0.2, -0.15) is 0 Å². The third-order valence-corrected chi connectivity index (χ3v) is 8.60. The Bertz CT molecular complexity index is 1690. The second-order valence-corrected chi connectivity index (χ2v) is 12.2. The maximum Gasteiger partial charge on any atom is 0.253 e. The molecule has 5 heterocycles. The topological polar surface area (TPSA) is 148 Å². The third kappa shape index (κ3) is 6.50. The lowest BCUT2D eigenvalue weighted by atomic mass is 10.1. The van der Waals surface area contributed by atoms with E-state index in [1.165, 1.54) is 12.3 Å². The summed E-state index contributed by atoms with van der Waals surface area (Å²) in [7, 11) is -3.76. The number of ether oxygens (including phenoxy) is 1. The summed E-state index contributed by atoms with van der Waals surface area (Å²) in [5.74, 6) is -0.0565. The number of carbonyl (C=O) groups excluding carboxylic acids is 1. The predicted molar refractivity (Wildman–Crippen MR) is 154 cm³/mol. The summed E-state index contributed by atoms with van der Waals surface area (Å²) < 4.78 is 30.7. The van der Waals surface area contributed by atoms with Gasteiger partial charge in [-0.15, -0.1) is 0 Å². The fourth-order valence-electron chi connectivity index (χ4n) is 4.86. The summed E-state index contributed by atoms with van der Waals surface area (Å²) >= 11 is 0. The van der Waals surface area contributed by atoms with Crippen LogP contribution in [0.1, 0.15) is 35.6 Å². The molecule has 41 heavy (non-hydrogen) atoms. The van der Waals surface area contributed by atoms with Crippen LogP contribution in [-0.2, 0) is 21.1 Å². The highest BCUT2D eigenvalue weighted by atomic mass is 32.2. The number of rotatable bonds is 8. The number of morpholine rings is 1. The quantitative estimate of drug-likeness (QED) is 0.321. The van der Waals surface area contributed by atoms with E-state index in [1.54, 1.807) is 19.2 Å². The monoisotopic (exact) mass is 576 g/mol. The molecule has 0 bridgehead atoms. The summed E-state index contributed by atoms with van der Waals surface area (Å²) in [6, 6.07) is 12.8. The van der Waals surface area contributed by atoms with Crippen molar-refractivity contribution in [3.8, 4) is 11.4 Å². The van der Waals surface area contributed by atoms with Crippen LogP contribution in [0.25, 0.3) is 22.3 Å². The maximum absolute atomic E-state index is 12.8. The average Bonchev–Trinajstić information content (AvgIpc) is 2.95. The molecule has 0 aliphatic carbocycles. The first kappa shape index (κ1) is 28.5. The van der Waals surface area contributed by atoms with Crippen LogP contribution in [0.4, 0.5) is 5.82 Å². The lowest BCUT2D eigenvalue weighted by Crippen LogP contribution is -2.45. The first-order chi connectivity index (χ1) is 19.6. The molecular formula is C29H32N6O5S. The molecule has 0 unspecified atom stereocenters. The zero-order valence-corrected chi connectivity index (χ0v) is 23.9. The number of aliphatic hydroxyl groups is 1. The van der Waals surface area contributed by atoms with Gasteiger partial charge in [0.15, 0.2) is 9.84 Å². The Hall–Kier alpha value is -4.00. The highest BCUT2D eigenvalue weighted by Crippen LogP contribution is 2.24.